The minimum Gasteiger partial charge on any atom is -0.304 e. The van der Waals surface area contributed by atoms with Crippen LogP contribution in [0.4, 0.5) is 5.69 Å². The van der Waals surface area contributed by atoms with Crippen LogP contribution in [0.15, 0.2) is 70.5 Å². The molecule has 0 bridgehead atoms. The lowest BCUT2D eigenvalue weighted by Gasteiger charge is -2.13. The number of halogens is 1. The van der Waals surface area contributed by atoms with E-state index in [-0.39, 0.29) is 11.5 Å². The summed E-state index contributed by atoms with van der Waals surface area (Å²) in [5.41, 5.74) is 2.40. The van der Waals surface area contributed by atoms with Crippen molar-refractivity contribution in [3.05, 3.63) is 86.1 Å². The van der Waals surface area contributed by atoms with E-state index in [4.69, 9.17) is 0 Å². The molecule has 4 aromatic rings. The highest BCUT2D eigenvalue weighted by atomic mass is 79.9. The van der Waals surface area contributed by atoms with E-state index in [1.165, 1.54) is 15.9 Å². The number of carbonyl (C=O) groups excluding carboxylic acids is 1. The number of benzene rings is 2. The normalized spacial score (nSPS) is 15.2. The second kappa shape index (κ2) is 6.75. The molecule has 1 amide bonds. The third-order valence-electron chi connectivity index (χ3n) is 4.72. The van der Waals surface area contributed by atoms with Gasteiger partial charge in [-0.05, 0) is 18.2 Å². The van der Waals surface area contributed by atoms with Gasteiger partial charge in [-0.2, -0.15) is 9.50 Å². The monoisotopic (exact) mass is 464 g/mol. The Morgan fingerprint density at radius 1 is 1.10 bits per heavy atom. The van der Waals surface area contributed by atoms with Crippen molar-refractivity contribution in [3.63, 3.8) is 0 Å². The molecule has 0 unspecified atom stereocenters. The molecule has 5 rings (SSSR count). The van der Waals surface area contributed by atoms with Gasteiger partial charge in [0.05, 0.1) is 11.3 Å². The van der Waals surface area contributed by atoms with Crippen molar-refractivity contribution < 1.29 is 4.79 Å². The van der Waals surface area contributed by atoms with Crippen LogP contribution in [0.2, 0.25) is 0 Å². The highest BCUT2D eigenvalue weighted by molar-refractivity contribution is 9.10. The fourth-order valence-corrected chi connectivity index (χ4v) is 4.68. The SMILES string of the molecule is C=CCN1C(=O)C(=c2sc3nc(-c4ccc(Br)cc4)nn3c2=O)c2ccccc21. The summed E-state index contributed by atoms with van der Waals surface area (Å²) in [5, 5.41) is 4.37. The van der Waals surface area contributed by atoms with Gasteiger partial charge in [-0.1, -0.05) is 63.7 Å². The summed E-state index contributed by atoms with van der Waals surface area (Å²) in [4.78, 5) is 32.8. The minimum absolute atomic E-state index is 0.208. The van der Waals surface area contributed by atoms with E-state index in [0.717, 1.165) is 21.3 Å². The number of carbonyl (C=O) groups is 1. The van der Waals surface area contributed by atoms with Gasteiger partial charge in [-0.25, -0.2) is 0 Å². The Kier molecular flexibility index (Phi) is 4.18. The summed E-state index contributed by atoms with van der Waals surface area (Å²) >= 11 is 4.58. The number of hydrogen-bond donors (Lipinski definition) is 0. The van der Waals surface area contributed by atoms with E-state index < -0.39 is 0 Å². The zero-order valence-corrected chi connectivity index (χ0v) is 17.4. The van der Waals surface area contributed by atoms with Gasteiger partial charge in [0.15, 0.2) is 5.82 Å². The molecule has 2 aromatic heterocycles. The van der Waals surface area contributed by atoms with Crippen LogP contribution in [0.3, 0.4) is 0 Å². The summed E-state index contributed by atoms with van der Waals surface area (Å²) < 4.78 is 2.58. The minimum atomic E-state index is -0.334. The number of anilines is 1. The first-order chi connectivity index (χ1) is 14.1. The number of amides is 1. The molecule has 6 nitrogen and oxygen atoms in total. The first kappa shape index (κ1) is 18.0. The van der Waals surface area contributed by atoms with Crippen LogP contribution in [0.5, 0.6) is 0 Å². The third-order valence-corrected chi connectivity index (χ3v) is 6.28. The van der Waals surface area contributed by atoms with Gasteiger partial charge >= 0.3 is 0 Å². The summed E-state index contributed by atoms with van der Waals surface area (Å²) in [6.45, 7) is 4.10. The molecule has 0 aliphatic carbocycles. The van der Waals surface area contributed by atoms with Gasteiger partial charge in [0, 0.05) is 22.1 Å². The van der Waals surface area contributed by atoms with Gasteiger partial charge in [0.2, 0.25) is 4.96 Å². The van der Waals surface area contributed by atoms with Gasteiger partial charge in [0.1, 0.15) is 4.53 Å². The van der Waals surface area contributed by atoms with E-state index in [1.54, 1.807) is 11.0 Å². The number of hydrogen-bond acceptors (Lipinski definition) is 5. The third kappa shape index (κ3) is 2.75. The number of thiazole rings is 1. The summed E-state index contributed by atoms with van der Waals surface area (Å²) in [6.07, 6.45) is 1.67. The van der Waals surface area contributed by atoms with Crippen molar-refractivity contribution in [2.45, 2.75) is 0 Å². The van der Waals surface area contributed by atoms with E-state index in [1.807, 2.05) is 48.5 Å². The van der Waals surface area contributed by atoms with Crippen LogP contribution in [-0.4, -0.2) is 27.0 Å². The molecule has 3 heterocycles. The lowest BCUT2D eigenvalue weighted by molar-refractivity contribution is -0.112. The Balaban J connectivity index is 1.72. The molecule has 0 atom stereocenters. The molecule has 0 radical (unpaired) electrons. The van der Waals surface area contributed by atoms with Crippen LogP contribution in [-0.2, 0) is 4.79 Å². The molecule has 0 fully saturated rings. The number of rotatable bonds is 3. The van der Waals surface area contributed by atoms with Crippen LogP contribution in [0.1, 0.15) is 5.56 Å². The smallest absolute Gasteiger partial charge is 0.291 e. The van der Waals surface area contributed by atoms with Crippen molar-refractivity contribution in [2.24, 2.45) is 0 Å². The molecule has 0 N–H and O–H groups in total. The van der Waals surface area contributed by atoms with Gasteiger partial charge in [0.25, 0.3) is 11.5 Å². The predicted molar refractivity (Wildman–Crippen MR) is 117 cm³/mol. The fraction of sp³-hybridized carbons (Fsp3) is 0.0476. The molecule has 0 saturated carbocycles. The first-order valence-electron chi connectivity index (χ1n) is 8.80. The van der Waals surface area contributed by atoms with Gasteiger partial charge < -0.3 is 4.90 Å². The van der Waals surface area contributed by atoms with Crippen molar-refractivity contribution in [1.29, 1.82) is 0 Å². The highest BCUT2D eigenvalue weighted by Crippen LogP contribution is 2.35. The first-order valence-corrected chi connectivity index (χ1v) is 10.4. The van der Waals surface area contributed by atoms with Crippen molar-refractivity contribution in [2.75, 3.05) is 11.4 Å². The fourth-order valence-electron chi connectivity index (χ4n) is 3.42. The quantitative estimate of drug-likeness (QED) is 0.437. The molecule has 0 spiro atoms. The summed E-state index contributed by atoms with van der Waals surface area (Å²) in [6, 6.07) is 15.0. The Morgan fingerprint density at radius 2 is 1.86 bits per heavy atom. The maximum atomic E-state index is 13.1. The number of fused-ring (bicyclic) bond motifs is 2. The van der Waals surface area contributed by atoms with Crippen LogP contribution in [0.25, 0.3) is 21.9 Å². The number of aromatic nitrogens is 3. The van der Waals surface area contributed by atoms with Gasteiger partial charge in [-0.3, -0.25) is 9.59 Å². The van der Waals surface area contributed by atoms with Gasteiger partial charge in [-0.15, -0.1) is 11.7 Å². The molecule has 8 heteroatoms. The van der Waals surface area contributed by atoms with Crippen LogP contribution < -0.4 is 15.0 Å². The molecule has 0 saturated heterocycles. The van der Waals surface area contributed by atoms with E-state index >= 15 is 0 Å². The van der Waals surface area contributed by atoms with E-state index in [9.17, 15) is 9.59 Å². The lowest BCUT2D eigenvalue weighted by atomic mass is 10.1. The molecule has 29 heavy (non-hydrogen) atoms. The largest absolute Gasteiger partial charge is 0.304 e. The van der Waals surface area contributed by atoms with Crippen molar-refractivity contribution in [3.8, 4) is 11.4 Å². The summed E-state index contributed by atoms with van der Waals surface area (Å²) in [5.74, 6) is 0.268. The topological polar surface area (TPSA) is 67.6 Å². The zero-order chi connectivity index (χ0) is 20.1. The summed E-state index contributed by atoms with van der Waals surface area (Å²) in [7, 11) is 0. The Morgan fingerprint density at radius 3 is 2.59 bits per heavy atom. The Bertz CT molecular complexity index is 1400. The van der Waals surface area contributed by atoms with Crippen molar-refractivity contribution in [1.82, 2.24) is 14.6 Å². The molecule has 2 aromatic carbocycles. The number of para-hydroxylation sites is 1. The standard InChI is InChI=1S/C21H13BrN4O2S/c1-2-11-25-15-6-4-3-5-14(15)16(19(25)27)17-20(28)26-21(29-17)23-18(24-26)12-7-9-13(22)10-8-12/h2-10H,1,11H2. The van der Waals surface area contributed by atoms with Crippen LogP contribution >= 0.6 is 27.3 Å². The second-order valence-corrected chi connectivity index (χ2v) is 8.36. The molecule has 1 aliphatic rings. The average Bonchev–Trinajstić information content (AvgIpc) is 3.35. The predicted octanol–water partition coefficient (Wildman–Crippen LogP) is 3.03. The zero-order valence-electron chi connectivity index (χ0n) is 15.0. The van der Waals surface area contributed by atoms with Crippen molar-refractivity contribution >= 4 is 49.4 Å². The van der Waals surface area contributed by atoms with Crippen LogP contribution in [0, 0.1) is 0 Å². The second-order valence-electron chi connectivity index (χ2n) is 6.47. The lowest BCUT2D eigenvalue weighted by Crippen LogP contribution is -2.32. The molecule has 142 valence electrons. The Hall–Kier alpha value is -3.10. The highest BCUT2D eigenvalue weighted by Gasteiger charge is 2.33. The van der Waals surface area contributed by atoms with E-state index in [2.05, 4.69) is 32.6 Å². The number of nitrogens with zero attached hydrogens (tertiary/aromatic N) is 4. The Labute approximate surface area is 177 Å². The molecule has 1 aliphatic heterocycles. The molecular formula is C21H13BrN4O2S. The molecular weight excluding hydrogens is 452 g/mol. The maximum absolute atomic E-state index is 13.1. The van der Waals surface area contributed by atoms with E-state index in [0.29, 0.717) is 27.4 Å². The maximum Gasteiger partial charge on any atom is 0.291 e. The average molecular weight is 465 g/mol.